The van der Waals surface area contributed by atoms with Gasteiger partial charge in [0.2, 0.25) is 21.9 Å². The van der Waals surface area contributed by atoms with Gasteiger partial charge in [-0.25, -0.2) is 13.4 Å². The Morgan fingerprint density at radius 3 is 2.41 bits per heavy atom. The van der Waals surface area contributed by atoms with Crippen molar-refractivity contribution in [3.05, 3.63) is 35.5 Å². The van der Waals surface area contributed by atoms with E-state index in [4.69, 9.17) is 4.98 Å². The van der Waals surface area contributed by atoms with Crippen LogP contribution in [0.3, 0.4) is 0 Å². The number of nitrogens with one attached hydrogen (secondary N) is 1. The fourth-order valence-corrected chi connectivity index (χ4v) is 6.06. The van der Waals surface area contributed by atoms with Gasteiger partial charge < -0.3 is 15.1 Å². The first-order valence-electron chi connectivity index (χ1n) is 11.2. The first kappa shape index (κ1) is 21.1. The smallest absolute Gasteiger partial charge is 0.243 e. The second-order valence-electron chi connectivity index (χ2n) is 8.62. The van der Waals surface area contributed by atoms with Crippen LogP contribution in [0.2, 0.25) is 0 Å². The molecule has 1 aromatic carbocycles. The molecule has 1 aromatic heterocycles. The zero-order valence-electron chi connectivity index (χ0n) is 18.2. The number of carbonyl (C=O) groups is 1. The second kappa shape index (κ2) is 8.32. The summed E-state index contributed by atoms with van der Waals surface area (Å²) in [5.74, 6) is 1.60. The predicted molar refractivity (Wildman–Crippen MR) is 123 cm³/mol. The minimum Gasteiger partial charge on any atom is -0.356 e. The number of sulfonamides is 1. The van der Waals surface area contributed by atoms with Crippen LogP contribution < -0.4 is 15.1 Å². The SMILES string of the molecule is Cc1cc(N2CCCC2)nc(N2CCN(S(=O)(=O)c3ccc4c(c3)CCC(=O)N4)CC2)n1. The van der Waals surface area contributed by atoms with Crippen molar-refractivity contribution in [2.75, 3.05) is 54.4 Å². The molecule has 1 amide bonds. The molecule has 10 heteroatoms. The van der Waals surface area contributed by atoms with E-state index in [0.29, 0.717) is 50.7 Å². The fourth-order valence-electron chi connectivity index (χ4n) is 4.58. The predicted octanol–water partition coefficient (Wildman–Crippen LogP) is 1.78. The summed E-state index contributed by atoms with van der Waals surface area (Å²) in [6.07, 6.45) is 3.31. The molecule has 4 heterocycles. The highest BCUT2D eigenvalue weighted by Gasteiger charge is 2.30. The molecule has 32 heavy (non-hydrogen) atoms. The molecule has 170 valence electrons. The van der Waals surface area contributed by atoms with Crippen molar-refractivity contribution in [2.45, 2.75) is 37.5 Å². The molecule has 0 unspecified atom stereocenters. The van der Waals surface area contributed by atoms with Gasteiger partial charge in [-0.1, -0.05) is 0 Å². The van der Waals surface area contributed by atoms with Crippen LogP contribution in [0, 0.1) is 6.92 Å². The maximum Gasteiger partial charge on any atom is 0.243 e. The van der Waals surface area contributed by atoms with Crippen LogP contribution in [0.5, 0.6) is 0 Å². The number of carbonyl (C=O) groups excluding carboxylic acids is 1. The Hall–Kier alpha value is -2.72. The number of anilines is 3. The third-order valence-electron chi connectivity index (χ3n) is 6.39. The third-order valence-corrected chi connectivity index (χ3v) is 8.29. The number of benzene rings is 1. The number of rotatable bonds is 4. The maximum absolute atomic E-state index is 13.2. The van der Waals surface area contributed by atoms with Crippen LogP contribution in [0.4, 0.5) is 17.5 Å². The van der Waals surface area contributed by atoms with Crippen LogP contribution >= 0.6 is 0 Å². The van der Waals surface area contributed by atoms with E-state index in [1.54, 1.807) is 18.2 Å². The molecular formula is C22H28N6O3S. The molecule has 3 aliphatic rings. The van der Waals surface area contributed by atoms with Crippen molar-refractivity contribution in [3.8, 4) is 0 Å². The minimum atomic E-state index is -3.60. The van der Waals surface area contributed by atoms with Gasteiger partial charge in [-0.05, 0) is 49.9 Å². The van der Waals surface area contributed by atoms with Crippen molar-refractivity contribution >= 4 is 33.4 Å². The summed E-state index contributed by atoms with van der Waals surface area (Å²) >= 11 is 0. The number of fused-ring (bicyclic) bond motifs is 1. The molecule has 0 aliphatic carbocycles. The van der Waals surface area contributed by atoms with Gasteiger partial charge in [0.05, 0.1) is 4.90 Å². The number of hydrogen-bond donors (Lipinski definition) is 1. The third kappa shape index (κ3) is 4.04. The van der Waals surface area contributed by atoms with Gasteiger partial charge in [0.1, 0.15) is 5.82 Å². The van der Waals surface area contributed by atoms with Crippen molar-refractivity contribution in [1.29, 1.82) is 0 Å². The van der Waals surface area contributed by atoms with Crippen molar-refractivity contribution in [2.24, 2.45) is 0 Å². The van der Waals surface area contributed by atoms with Gasteiger partial charge in [-0.3, -0.25) is 4.79 Å². The van der Waals surface area contributed by atoms with E-state index in [0.717, 1.165) is 30.2 Å². The Morgan fingerprint density at radius 2 is 1.66 bits per heavy atom. The van der Waals surface area contributed by atoms with Crippen LogP contribution in [-0.2, 0) is 21.2 Å². The molecule has 0 radical (unpaired) electrons. The minimum absolute atomic E-state index is 0.0320. The number of hydrogen-bond acceptors (Lipinski definition) is 7. The van der Waals surface area contributed by atoms with Gasteiger partial charge >= 0.3 is 0 Å². The van der Waals surface area contributed by atoms with Gasteiger partial charge in [-0.2, -0.15) is 9.29 Å². The highest BCUT2D eigenvalue weighted by atomic mass is 32.2. The molecule has 2 saturated heterocycles. The van der Waals surface area contributed by atoms with E-state index in [2.05, 4.69) is 20.1 Å². The van der Waals surface area contributed by atoms with Crippen LogP contribution in [0.1, 0.15) is 30.5 Å². The molecule has 1 N–H and O–H groups in total. The molecular weight excluding hydrogens is 428 g/mol. The molecule has 0 spiro atoms. The Balaban J connectivity index is 1.30. The van der Waals surface area contributed by atoms with Crippen molar-refractivity contribution in [1.82, 2.24) is 14.3 Å². The average Bonchev–Trinajstić information content (AvgIpc) is 3.33. The van der Waals surface area contributed by atoms with Gasteiger partial charge in [0, 0.05) is 63.1 Å². The maximum atomic E-state index is 13.2. The lowest BCUT2D eigenvalue weighted by Crippen LogP contribution is -2.49. The van der Waals surface area contributed by atoms with Gasteiger partial charge in [0.25, 0.3) is 0 Å². The highest BCUT2D eigenvalue weighted by Crippen LogP contribution is 2.28. The summed E-state index contributed by atoms with van der Waals surface area (Å²) in [4.78, 5) is 25.6. The zero-order valence-corrected chi connectivity index (χ0v) is 19.1. The lowest BCUT2D eigenvalue weighted by Gasteiger charge is -2.34. The van der Waals surface area contributed by atoms with E-state index >= 15 is 0 Å². The fraction of sp³-hybridized carbons (Fsp3) is 0.500. The molecule has 2 aromatic rings. The van der Waals surface area contributed by atoms with E-state index in [1.807, 2.05) is 13.0 Å². The summed E-state index contributed by atoms with van der Waals surface area (Å²) in [7, 11) is -3.60. The largest absolute Gasteiger partial charge is 0.356 e. The first-order chi connectivity index (χ1) is 15.4. The first-order valence-corrected chi connectivity index (χ1v) is 12.6. The highest BCUT2D eigenvalue weighted by molar-refractivity contribution is 7.89. The Bertz CT molecular complexity index is 1140. The Morgan fingerprint density at radius 1 is 0.906 bits per heavy atom. The quantitative estimate of drug-likeness (QED) is 0.749. The number of piperazine rings is 1. The molecule has 0 bridgehead atoms. The van der Waals surface area contributed by atoms with E-state index < -0.39 is 10.0 Å². The summed E-state index contributed by atoms with van der Waals surface area (Å²) in [5.41, 5.74) is 2.50. The summed E-state index contributed by atoms with van der Waals surface area (Å²) in [5, 5.41) is 2.80. The van der Waals surface area contributed by atoms with Crippen LogP contribution in [0.15, 0.2) is 29.2 Å². The average molecular weight is 457 g/mol. The molecule has 9 nitrogen and oxygen atoms in total. The number of aryl methyl sites for hydroxylation is 2. The van der Waals surface area contributed by atoms with Crippen LogP contribution in [-0.4, -0.2) is 67.9 Å². The van der Waals surface area contributed by atoms with Gasteiger partial charge in [-0.15, -0.1) is 0 Å². The van der Waals surface area contributed by atoms with E-state index in [-0.39, 0.29) is 10.8 Å². The molecule has 5 rings (SSSR count). The summed E-state index contributed by atoms with van der Waals surface area (Å²) in [6, 6.07) is 6.99. The normalized spacial score (nSPS) is 19.7. The van der Waals surface area contributed by atoms with E-state index in [9.17, 15) is 13.2 Å². The van der Waals surface area contributed by atoms with Crippen LogP contribution in [0.25, 0.3) is 0 Å². The molecule has 0 saturated carbocycles. The standard InChI is InChI=1S/C22H28N6O3S/c1-16-14-20(26-8-2-3-9-26)25-22(23-16)27-10-12-28(13-11-27)32(30,31)18-5-6-19-17(15-18)4-7-21(29)24-19/h5-6,14-15H,2-4,7-13H2,1H3,(H,24,29). The second-order valence-corrected chi connectivity index (χ2v) is 10.6. The molecule has 3 aliphatic heterocycles. The summed E-state index contributed by atoms with van der Waals surface area (Å²) < 4.78 is 28.0. The number of nitrogens with zero attached hydrogens (tertiary/aromatic N) is 5. The topological polar surface area (TPSA) is 98.7 Å². The van der Waals surface area contributed by atoms with Crippen molar-refractivity contribution in [3.63, 3.8) is 0 Å². The van der Waals surface area contributed by atoms with Crippen molar-refractivity contribution < 1.29 is 13.2 Å². The Kier molecular flexibility index (Phi) is 5.50. The number of aromatic nitrogens is 2. The molecule has 0 atom stereocenters. The summed E-state index contributed by atoms with van der Waals surface area (Å²) in [6.45, 7) is 5.87. The molecule has 2 fully saturated rings. The monoisotopic (exact) mass is 456 g/mol. The Labute approximate surface area is 188 Å². The number of amides is 1. The van der Waals surface area contributed by atoms with Gasteiger partial charge in [0.15, 0.2) is 0 Å². The van der Waals surface area contributed by atoms with E-state index in [1.165, 1.54) is 17.1 Å². The zero-order chi connectivity index (χ0) is 22.3. The lowest BCUT2D eigenvalue weighted by atomic mass is 10.0. The lowest BCUT2D eigenvalue weighted by molar-refractivity contribution is -0.116.